The van der Waals surface area contributed by atoms with E-state index in [1.807, 2.05) is 45.0 Å². The van der Waals surface area contributed by atoms with E-state index in [9.17, 15) is 9.59 Å². The molecule has 2 aromatic carbocycles. The van der Waals surface area contributed by atoms with Crippen molar-refractivity contribution in [3.8, 4) is 5.69 Å². The molecule has 2 N–H and O–H groups in total. The Morgan fingerprint density at radius 3 is 2.45 bits per heavy atom. The van der Waals surface area contributed by atoms with Crippen LogP contribution >= 0.6 is 0 Å². The number of aryl methyl sites for hydroxylation is 3. The molecule has 1 aliphatic rings. The maximum absolute atomic E-state index is 12.9. The van der Waals surface area contributed by atoms with Crippen LogP contribution in [-0.2, 0) is 4.79 Å². The Morgan fingerprint density at radius 1 is 1.00 bits per heavy atom. The summed E-state index contributed by atoms with van der Waals surface area (Å²) in [5, 5.41) is 17.1. The largest absolute Gasteiger partial charge is 0.324 e. The van der Waals surface area contributed by atoms with Gasteiger partial charge in [-0.15, -0.1) is 5.10 Å². The second kappa shape index (κ2) is 8.55. The molecule has 31 heavy (non-hydrogen) atoms. The van der Waals surface area contributed by atoms with E-state index in [1.165, 1.54) is 6.33 Å². The number of anilines is 2. The summed E-state index contributed by atoms with van der Waals surface area (Å²) in [5.74, 6) is -0.192. The summed E-state index contributed by atoms with van der Waals surface area (Å²) in [5.41, 5.74) is 5.31. The summed E-state index contributed by atoms with van der Waals surface area (Å²) in [6.07, 6.45) is 2.94. The van der Waals surface area contributed by atoms with Crippen LogP contribution in [0.15, 0.2) is 42.7 Å². The second-order valence-corrected chi connectivity index (χ2v) is 7.90. The lowest BCUT2D eigenvalue weighted by molar-refractivity contribution is -0.119. The van der Waals surface area contributed by atoms with Gasteiger partial charge in [-0.05, 0) is 91.1 Å². The molecule has 3 aromatic rings. The van der Waals surface area contributed by atoms with Gasteiger partial charge in [0.1, 0.15) is 12.4 Å². The number of aromatic nitrogens is 4. The SMILES string of the molecule is Cc1cc(C)cc(NC(=O)N2CCC[C@@H]2C(=O)Nc2ccc(-n3cnnn3)c(C)c2)c1. The Morgan fingerprint density at radius 2 is 1.77 bits per heavy atom. The summed E-state index contributed by atoms with van der Waals surface area (Å²) in [6, 6.07) is 10.6. The van der Waals surface area contributed by atoms with Crippen LogP contribution in [0, 0.1) is 20.8 Å². The van der Waals surface area contributed by atoms with Gasteiger partial charge in [0.2, 0.25) is 5.91 Å². The zero-order chi connectivity index (χ0) is 22.0. The van der Waals surface area contributed by atoms with E-state index < -0.39 is 6.04 Å². The number of hydrogen-bond acceptors (Lipinski definition) is 5. The molecule has 0 radical (unpaired) electrons. The van der Waals surface area contributed by atoms with Crippen molar-refractivity contribution in [3.05, 3.63) is 59.4 Å². The molecular formula is C22H25N7O2. The fourth-order valence-electron chi connectivity index (χ4n) is 4.01. The Hall–Kier alpha value is -3.75. The summed E-state index contributed by atoms with van der Waals surface area (Å²) in [6.45, 7) is 6.45. The van der Waals surface area contributed by atoms with Crippen molar-refractivity contribution >= 4 is 23.3 Å². The molecule has 1 aliphatic heterocycles. The van der Waals surface area contributed by atoms with Crippen LogP contribution in [0.2, 0.25) is 0 Å². The van der Waals surface area contributed by atoms with Crippen LogP contribution in [0.25, 0.3) is 5.69 Å². The zero-order valence-electron chi connectivity index (χ0n) is 17.8. The minimum atomic E-state index is -0.509. The molecule has 1 aromatic heterocycles. The number of rotatable bonds is 4. The molecule has 0 aliphatic carbocycles. The van der Waals surface area contributed by atoms with Gasteiger partial charge in [0, 0.05) is 17.9 Å². The van der Waals surface area contributed by atoms with Crippen molar-refractivity contribution in [2.75, 3.05) is 17.2 Å². The van der Waals surface area contributed by atoms with Gasteiger partial charge < -0.3 is 15.5 Å². The monoisotopic (exact) mass is 419 g/mol. The van der Waals surface area contributed by atoms with Crippen molar-refractivity contribution in [2.45, 2.75) is 39.7 Å². The van der Waals surface area contributed by atoms with Gasteiger partial charge in [-0.2, -0.15) is 0 Å². The molecule has 9 heteroatoms. The molecular weight excluding hydrogens is 394 g/mol. The quantitative estimate of drug-likeness (QED) is 0.676. The van der Waals surface area contributed by atoms with Crippen molar-refractivity contribution in [3.63, 3.8) is 0 Å². The highest BCUT2D eigenvalue weighted by Crippen LogP contribution is 2.23. The number of hydrogen-bond donors (Lipinski definition) is 2. The number of tetrazole rings is 1. The first-order valence-electron chi connectivity index (χ1n) is 10.2. The Labute approximate surface area is 180 Å². The standard InChI is InChI=1S/C22H25N7O2/c1-14-9-15(2)11-18(10-14)25-22(31)28-8-4-5-20(28)21(30)24-17-6-7-19(16(3)12-17)29-13-23-26-27-29/h6-7,9-13,20H,4-5,8H2,1-3H3,(H,24,30)(H,25,31)/t20-/m1/s1. The first-order chi connectivity index (χ1) is 14.9. The fraction of sp³-hybridized carbons (Fsp3) is 0.318. The number of benzene rings is 2. The number of nitrogens with zero attached hydrogens (tertiary/aromatic N) is 5. The highest BCUT2D eigenvalue weighted by atomic mass is 16.2. The molecule has 160 valence electrons. The minimum Gasteiger partial charge on any atom is -0.324 e. The number of carbonyl (C=O) groups excluding carboxylic acids is 2. The molecule has 1 saturated heterocycles. The highest BCUT2D eigenvalue weighted by Gasteiger charge is 2.34. The topological polar surface area (TPSA) is 105 Å². The highest BCUT2D eigenvalue weighted by molar-refractivity contribution is 5.99. The average Bonchev–Trinajstić information content (AvgIpc) is 3.39. The Kier molecular flexibility index (Phi) is 5.66. The average molecular weight is 419 g/mol. The van der Waals surface area contributed by atoms with E-state index in [2.05, 4.69) is 32.2 Å². The second-order valence-electron chi connectivity index (χ2n) is 7.90. The molecule has 0 spiro atoms. The van der Waals surface area contributed by atoms with Crippen LogP contribution in [0.3, 0.4) is 0 Å². The molecule has 1 atom stereocenters. The Balaban J connectivity index is 1.44. The van der Waals surface area contributed by atoms with E-state index in [1.54, 1.807) is 15.6 Å². The van der Waals surface area contributed by atoms with Gasteiger partial charge in [0.15, 0.2) is 0 Å². The van der Waals surface area contributed by atoms with Crippen molar-refractivity contribution < 1.29 is 9.59 Å². The first-order valence-corrected chi connectivity index (χ1v) is 10.2. The molecule has 1 fully saturated rings. The van der Waals surface area contributed by atoms with E-state index in [4.69, 9.17) is 0 Å². The van der Waals surface area contributed by atoms with Gasteiger partial charge in [0.25, 0.3) is 0 Å². The van der Waals surface area contributed by atoms with Crippen molar-refractivity contribution in [1.29, 1.82) is 0 Å². The normalized spacial score (nSPS) is 15.7. The zero-order valence-corrected chi connectivity index (χ0v) is 17.8. The molecule has 0 bridgehead atoms. The number of urea groups is 1. The van der Waals surface area contributed by atoms with Crippen LogP contribution in [0.5, 0.6) is 0 Å². The molecule has 4 rings (SSSR count). The lowest BCUT2D eigenvalue weighted by Crippen LogP contribution is -2.45. The summed E-state index contributed by atoms with van der Waals surface area (Å²) >= 11 is 0. The Bertz CT molecular complexity index is 1090. The van der Waals surface area contributed by atoms with E-state index >= 15 is 0 Å². The third-order valence-electron chi connectivity index (χ3n) is 5.35. The van der Waals surface area contributed by atoms with Crippen molar-refractivity contribution in [2.24, 2.45) is 0 Å². The van der Waals surface area contributed by atoms with E-state index in [-0.39, 0.29) is 11.9 Å². The van der Waals surface area contributed by atoms with Gasteiger partial charge in [-0.3, -0.25) is 4.79 Å². The van der Waals surface area contributed by atoms with Crippen LogP contribution in [-0.4, -0.2) is 49.6 Å². The molecule has 9 nitrogen and oxygen atoms in total. The number of likely N-dealkylation sites (tertiary alicyclic amines) is 1. The van der Waals surface area contributed by atoms with Gasteiger partial charge in [0.05, 0.1) is 5.69 Å². The maximum Gasteiger partial charge on any atom is 0.322 e. The lowest BCUT2D eigenvalue weighted by Gasteiger charge is -2.24. The first kappa shape index (κ1) is 20.5. The summed E-state index contributed by atoms with van der Waals surface area (Å²) in [4.78, 5) is 27.4. The minimum absolute atomic E-state index is 0.192. The molecule has 0 saturated carbocycles. The predicted octanol–water partition coefficient (Wildman–Crippen LogP) is 3.22. The third kappa shape index (κ3) is 4.55. The van der Waals surface area contributed by atoms with Gasteiger partial charge in [-0.1, -0.05) is 6.07 Å². The van der Waals surface area contributed by atoms with E-state index in [0.29, 0.717) is 18.7 Å². The van der Waals surface area contributed by atoms with E-state index in [0.717, 1.165) is 34.5 Å². The molecule has 2 heterocycles. The number of amides is 3. The molecule has 3 amide bonds. The van der Waals surface area contributed by atoms with Crippen LogP contribution < -0.4 is 10.6 Å². The summed E-state index contributed by atoms with van der Waals surface area (Å²) in [7, 11) is 0. The maximum atomic E-state index is 12.9. The third-order valence-corrected chi connectivity index (χ3v) is 5.35. The number of nitrogens with one attached hydrogen (secondary N) is 2. The number of carbonyl (C=O) groups is 2. The molecule has 0 unspecified atom stereocenters. The predicted molar refractivity (Wildman–Crippen MR) is 117 cm³/mol. The smallest absolute Gasteiger partial charge is 0.322 e. The van der Waals surface area contributed by atoms with Gasteiger partial charge in [-0.25, -0.2) is 9.48 Å². The van der Waals surface area contributed by atoms with Crippen molar-refractivity contribution in [1.82, 2.24) is 25.1 Å². The van der Waals surface area contributed by atoms with Crippen LogP contribution in [0.1, 0.15) is 29.5 Å². The van der Waals surface area contributed by atoms with Crippen LogP contribution in [0.4, 0.5) is 16.2 Å². The lowest BCUT2D eigenvalue weighted by atomic mass is 10.1. The van der Waals surface area contributed by atoms with Gasteiger partial charge >= 0.3 is 6.03 Å². The summed E-state index contributed by atoms with van der Waals surface area (Å²) < 4.78 is 1.57. The fourth-order valence-corrected chi connectivity index (χ4v) is 4.01.